The summed E-state index contributed by atoms with van der Waals surface area (Å²) in [6, 6.07) is 3.25. The molecule has 0 atom stereocenters. The highest BCUT2D eigenvalue weighted by Gasteiger charge is 2.33. The van der Waals surface area contributed by atoms with Gasteiger partial charge in [0.15, 0.2) is 0 Å². The summed E-state index contributed by atoms with van der Waals surface area (Å²) in [5.41, 5.74) is 4.31. The van der Waals surface area contributed by atoms with E-state index in [1.807, 2.05) is 6.79 Å². The van der Waals surface area contributed by atoms with Crippen molar-refractivity contribution in [2.45, 2.75) is 6.18 Å². The lowest BCUT2D eigenvalue weighted by Crippen LogP contribution is -2.06. The Morgan fingerprint density at radius 1 is 1.29 bits per heavy atom. The molecule has 0 bridgehead atoms. The summed E-state index contributed by atoms with van der Waals surface area (Å²) in [5, 5.41) is -0.336. The Balaban J connectivity index is 0.000000791. The zero-order chi connectivity index (χ0) is 11.4. The molecule has 0 spiro atoms. The van der Waals surface area contributed by atoms with Crippen LogP contribution in [0.5, 0.6) is 0 Å². The highest BCUT2D eigenvalue weighted by Crippen LogP contribution is 2.35. The highest BCUT2D eigenvalue weighted by molar-refractivity contribution is 6.31. The SMILES string of the molecule is C=O.Nc1ccc(Cl)c(C(F)(F)F)c1. The monoisotopic (exact) mass is 225 g/mol. The molecule has 6 heteroatoms. The van der Waals surface area contributed by atoms with Gasteiger partial charge in [-0.15, -0.1) is 0 Å². The van der Waals surface area contributed by atoms with E-state index in [1.165, 1.54) is 6.07 Å². The van der Waals surface area contributed by atoms with E-state index in [4.69, 9.17) is 22.1 Å². The summed E-state index contributed by atoms with van der Waals surface area (Å²) < 4.78 is 36.3. The third kappa shape index (κ3) is 3.26. The number of carbonyl (C=O) groups is 1. The number of carbonyl (C=O) groups excluding carboxylic acids is 1. The maximum Gasteiger partial charge on any atom is 0.417 e. The number of hydrogen-bond donors (Lipinski definition) is 1. The third-order valence-electron chi connectivity index (χ3n) is 1.30. The molecule has 0 aliphatic rings. The molecule has 0 aliphatic carbocycles. The van der Waals surface area contributed by atoms with Gasteiger partial charge in [-0.3, -0.25) is 0 Å². The first kappa shape index (κ1) is 12.8. The van der Waals surface area contributed by atoms with E-state index >= 15 is 0 Å². The second-order valence-electron chi connectivity index (χ2n) is 2.24. The maximum atomic E-state index is 12.1. The molecule has 1 aromatic rings. The summed E-state index contributed by atoms with van der Waals surface area (Å²) in [6.45, 7) is 2.00. The first-order valence-corrected chi connectivity index (χ1v) is 3.70. The van der Waals surface area contributed by atoms with Crippen LogP contribution in [-0.4, -0.2) is 6.79 Å². The minimum absolute atomic E-state index is 0.0479. The van der Waals surface area contributed by atoms with Crippen LogP contribution in [0.1, 0.15) is 5.56 Å². The molecule has 0 fully saturated rings. The Bertz CT molecular complexity index is 314. The number of nitrogen functional groups attached to an aromatic ring is 1. The summed E-state index contributed by atoms with van der Waals surface area (Å²) in [4.78, 5) is 8.00. The molecule has 14 heavy (non-hydrogen) atoms. The molecule has 1 rings (SSSR count). The number of nitrogens with two attached hydrogens (primary N) is 1. The molecule has 2 N–H and O–H groups in total. The smallest absolute Gasteiger partial charge is 0.399 e. The fourth-order valence-corrected chi connectivity index (χ4v) is 0.985. The zero-order valence-corrected chi connectivity index (χ0v) is 7.69. The normalized spacial score (nSPS) is 10.3. The summed E-state index contributed by atoms with van der Waals surface area (Å²) >= 11 is 5.31. The number of hydrogen-bond acceptors (Lipinski definition) is 2. The average molecular weight is 226 g/mol. The van der Waals surface area contributed by atoms with Gasteiger partial charge in [-0.2, -0.15) is 13.2 Å². The van der Waals surface area contributed by atoms with Gasteiger partial charge in [0.25, 0.3) is 0 Å². The second kappa shape index (κ2) is 4.85. The standard InChI is InChI=1S/C7H5ClF3N.CH2O/c8-6-2-1-4(12)3-5(6)7(9,10)11;1-2/h1-3H,12H2;1H2. The topological polar surface area (TPSA) is 43.1 Å². The van der Waals surface area contributed by atoms with Crippen molar-refractivity contribution >= 4 is 24.1 Å². The van der Waals surface area contributed by atoms with Crippen LogP contribution >= 0.6 is 11.6 Å². The minimum Gasteiger partial charge on any atom is -0.399 e. The van der Waals surface area contributed by atoms with Gasteiger partial charge in [-0.05, 0) is 18.2 Å². The fraction of sp³-hybridized carbons (Fsp3) is 0.125. The number of anilines is 1. The molecule has 0 aliphatic heterocycles. The molecule has 0 unspecified atom stereocenters. The van der Waals surface area contributed by atoms with Gasteiger partial charge in [0, 0.05) is 5.69 Å². The van der Waals surface area contributed by atoms with Gasteiger partial charge in [-0.1, -0.05) is 11.6 Å². The molecular formula is C8H7ClF3NO. The predicted octanol–water partition coefficient (Wildman–Crippen LogP) is 2.76. The molecule has 0 aromatic heterocycles. The maximum absolute atomic E-state index is 12.1. The largest absolute Gasteiger partial charge is 0.417 e. The first-order valence-electron chi connectivity index (χ1n) is 3.32. The van der Waals surface area contributed by atoms with Crippen LogP contribution in [0.2, 0.25) is 5.02 Å². The van der Waals surface area contributed by atoms with Crippen molar-refractivity contribution in [3.05, 3.63) is 28.8 Å². The van der Waals surface area contributed by atoms with Crippen molar-refractivity contribution < 1.29 is 18.0 Å². The summed E-state index contributed by atoms with van der Waals surface area (Å²) in [7, 11) is 0. The molecular weight excluding hydrogens is 219 g/mol. The molecule has 0 saturated heterocycles. The first-order chi connectivity index (χ1) is 6.41. The van der Waals surface area contributed by atoms with E-state index in [9.17, 15) is 13.2 Å². The summed E-state index contributed by atoms with van der Waals surface area (Å²) in [6.07, 6.45) is -4.44. The van der Waals surface area contributed by atoms with Crippen molar-refractivity contribution in [3.63, 3.8) is 0 Å². The van der Waals surface area contributed by atoms with Crippen molar-refractivity contribution in [2.75, 3.05) is 5.73 Å². The van der Waals surface area contributed by atoms with Crippen LogP contribution in [0, 0.1) is 0 Å². The van der Waals surface area contributed by atoms with E-state index in [1.54, 1.807) is 0 Å². The van der Waals surface area contributed by atoms with Crippen LogP contribution in [0.3, 0.4) is 0 Å². The minimum atomic E-state index is -4.44. The number of benzene rings is 1. The van der Waals surface area contributed by atoms with Gasteiger partial charge >= 0.3 is 6.18 Å². The Morgan fingerprint density at radius 2 is 1.79 bits per heavy atom. The predicted molar refractivity (Wildman–Crippen MR) is 48.0 cm³/mol. The van der Waals surface area contributed by atoms with Crippen molar-refractivity contribution in [1.82, 2.24) is 0 Å². The Morgan fingerprint density at radius 3 is 2.14 bits per heavy atom. The Labute approximate surface area is 83.5 Å². The van der Waals surface area contributed by atoms with E-state index in [2.05, 4.69) is 0 Å². The van der Waals surface area contributed by atoms with E-state index in [0.717, 1.165) is 12.1 Å². The Kier molecular flexibility index (Phi) is 4.43. The number of alkyl halides is 3. The van der Waals surface area contributed by atoms with E-state index in [0.29, 0.717) is 0 Å². The van der Waals surface area contributed by atoms with Crippen LogP contribution in [0.25, 0.3) is 0 Å². The van der Waals surface area contributed by atoms with Crippen LogP contribution in [0.15, 0.2) is 18.2 Å². The van der Waals surface area contributed by atoms with Gasteiger partial charge in [0.2, 0.25) is 0 Å². The van der Waals surface area contributed by atoms with Crippen molar-refractivity contribution in [3.8, 4) is 0 Å². The Hall–Kier alpha value is -1.23. The van der Waals surface area contributed by atoms with Crippen molar-refractivity contribution in [1.29, 1.82) is 0 Å². The number of rotatable bonds is 0. The van der Waals surface area contributed by atoms with Crippen LogP contribution in [-0.2, 0) is 11.0 Å². The van der Waals surface area contributed by atoms with Gasteiger partial charge in [0.05, 0.1) is 10.6 Å². The highest BCUT2D eigenvalue weighted by atomic mass is 35.5. The van der Waals surface area contributed by atoms with Crippen molar-refractivity contribution in [2.24, 2.45) is 0 Å². The molecule has 2 nitrogen and oxygen atoms in total. The lowest BCUT2D eigenvalue weighted by atomic mass is 10.2. The average Bonchev–Trinajstić information content (AvgIpc) is 2.11. The molecule has 78 valence electrons. The molecule has 0 heterocycles. The fourth-order valence-electron chi connectivity index (χ4n) is 0.760. The molecule has 0 amide bonds. The van der Waals surface area contributed by atoms with Gasteiger partial charge in [-0.25, -0.2) is 0 Å². The zero-order valence-electron chi connectivity index (χ0n) is 6.94. The third-order valence-corrected chi connectivity index (χ3v) is 1.63. The molecule has 1 aromatic carbocycles. The van der Waals surface area contributed by atoms with Gasteiger partial charge in [0.1, 0.15) is 6.79 Å². The quantitative estimate of drug-likeness (QED) is 0.690. The lowest BCUT2D eigenvalue weighted by molar-refractivity contribution is -0.137. The number of halogens is 4. The van der Waals surface area contributed by atoms with E-state index in [-0.39, 0.29) is 10.7 Å². The molecule has 0 radical (unpaired) electrons. The molecule has 0 saturated carbocycles. The van der Waals surface area contributed by atoms with Crippen LogP contribution < -0.4 is 5.73 Å². The lowest BCUT2D eigenvalue weighted by Gasteiger charge is -2.08. The summed E-state index contributed by atoms with van der Waals surface area (Å²) in [5.74, 6) is 0. The second-order valence-corrected chi connectivity index (χ2v) is 2.64. The van der Waals surface area contributed by atoms with Gasteiger partial charge < -0.3 is 10.5 Å². The van der Waals surface area contributed by atoms with E-state index < -0.39 is 11.7 Å². The van der Waals surface area contributed by atoms with Crippen LogP contribution in [0.4, 0.5) is 18.9 Å².